The quantitative estimate of drug-likeness (QED) is 0.679. The highest BCUT2D eigenvalue weighted by molar-refractivity contribution is 7.09. The lowest BCUT2D eigenvalue weighted by Crippen LogP contribution is -2.50. The SMILES string of the molecule is Cc1ccc(NC(=O)N2CCN(c3nc(Cc4ccc(F)cc4)ns3)CC2)cc1C. The van der Waals surface area contributed by atoms with Gasteiger partial charge in [0, 0.05) is 49.8 Å². The molecule has 0 radical (unpaired) electrons. The molecule has 1 aromatic heterocycles. The van der Waals surface area contributed by atoms with E-state index in [0.29, 0.717) is 32.6 Å². The molecule has 1 N–H and O–H groups in total. The summed E-state index contributed by atoms with van der Waals surface area (Å²) in [6.07, 6.45) is 0.578. The lowest BCUT2D eigenvalue weighted by Gasteiger charge is -2.34. The zero-order chi connectivity index (χ0) is 21.1. The summed E-state index contributed by atoms with van der Waals surface area (Å²) in [5.74, 6) is 0.488. The number of rotatable bonds is 4. The van der Waals surface area contributed by atoms with E-state index in [1.165, 1.54) is 29.2 Å². The van der Waals surface area contributed by atoms with Crippen LogP contribution in [-0.2, 0) is 6.42 Å². The Morgan fingerprint density at radius 1 is 1.07 bits per heavy atom. The first-order valence-corrected chi connectivity index (χ1v) is 10.7. The Balaban J connectivity index is 1.31. The monoisotopic (exact) mass is 425 g/mol. The highest BCUT2D eigenvalue weighted by atomic mass is 32.1. The van der Waals surface area contributed by atoms with E-state index >= 15 is 0 Å². The van der Waals surface area contributed by atoms with Crippen LogP contribution in [0.2, 0.25) is 0 Å². The van der Waals surface area contributed by atoms with Crippen LogP contribution < -0.4 is 10.2 Å². The summed E-state index contributed by atoms with van der Waals surface area (Å²) >= 11 is 1.37. The Morgan fingerprint density at radius 2 is 1.80 bits per heavy atom. The fourth-order valence-electron chi connectivity index (χ4n) is 3.35. The van der Waals surface area contributed by atoms with Gasteiger partial charge in [-0.2, -0.15) is 4.37 Å². The maximum absolute atomic E-state index is 13.0. The number of hydrogen-bond acceptors (Lipinski definition) is 5. The number of halogens is 1. The predicted molar refractivity (Wildman–Crippen MR) is 118 cm³/mol. The smallest absolute Gasteiger partial charge is 0.321 e. The topological polar surface area (TPSA) is 61.4 Å². The van der Waals surface area contributed by atoms with Crippen LogP contribution in [0.1, 0.15) is 22.5 Å². The molecule has 30 heavy (non-hydrogen) atoms. The molecule has 2 amide bonds. The second-order valence-corrected chi connectivity index (χ2v) is 8.23. The molecule has 3 aromatic rings. The van der Waals surface area contributed by atoms with Crippen LogP contribution in [0.5, 0.6) is 0 Å². The molecule has 156 valence electrons. The molecular formula is C22H24FN5OS. The number of carbonyl (C=O) groups excluding carboxylic acids is 1. The lowest BCUT2D eigenvalue weighted by molar-refractivity contribution is 0.208. The molecule has 0 aliphatic carbocycles. The van der Waals surface area contributed by atoms with Gasteiger partial charge in [-0.05, 0) is 54.8 Å². The van der Waals surface area contributed by atoms with E-state index in [1.54, 1.807) is 12.1 Å². The van der Waals surface area contributed by atoms with Gasteiger partial charge in [0.1, 0.15) is 11.6 Å². The molecule has 0 bridgehead atoms. The van der Waals surface area contributed by atoms with Gasteiger partial charge in [0.25, 0.3) is 0 Å². The number of piperazine rings is 1. The molecule has 1 aliphatic rings. The molecule has 1 aliphatic heterocycles. The maximum atomic E-state index is 13.0. The van der Waals surface area contributed by atoms with E-state index < -0.39 is 0 Å². The molecule has 0 unspecified atom stereocenters. The number of hydrogen-bond donors (Lipinski definition) is 1. The third-order valence-electron chi connectivity index (χ3n) is 5.33. The molecule has 8 heteroatoms. The number of aromatic nitrogens is 2. The molecule has 4 rings (SSSR count). The second-order valence-electron chi connectivity index (χ2n) is 7.50. The van der Waals surface area contributed by atoms with Gasteiger partial charge in [-0.3, -0.25) is 0 Å². The third-order valence-corrected chi connectivity index (χ3v) is 6.14. The number of nitrogens with one attached hydrogen (secondary N) is 1. The van der Waals surface area contributed by atoms with Crippen molar-refractivity contribution >= 4 is 28.4 Å². The summed E-state index contributed by atoms with van der Waals surface area (Å²) < 4.78 is 17.5. The van der Waals surface area contributed by atoms with E-state index in [1.807, 2.05) is 30.0 Å². The first-order chi connectivity index (χ1) is 14.5. The van der Waals surface area contributed by atoms with Crippen LogP contribution in [-0.4, -0.2) is 46.5 Å². The molecule has 1 fully saturated rings. The van der Waals surface area contributed by atoms with Crippen molar-refractivity contribution in [3.05, 3.63) is 70.8 Å². The van der Waals surface area contributed by atoms with Crippen molar-refractivity contribution in [2.45, 2.75) is 20.3 Å². The highest BCUT2D eigenvalue weighted by Gasteiger charge is 2.23. The first kappa shape index (κ1) is 20.3. The normalized spacial score (nSPS) is 14.1. The van der Waals surface area contributed by atoms with Crippen molar-refractivity contribution in [1.29, 1.82) is 0 Å². The van der Waals surface area contributed by atoms with Crippen molar-refractivity contribution in [1.82, 2.24) is 14.3 Å². The number of nitrogens with zero attached hydrogens (tertiary/aromatic N) is 4. The highest BCUT2D eigenvalue weighted by Crippen LogP contribution is 2.21. The third kappa shape index (κ3) is 4.76. The predicted octanol–water partition coefficient (Wildman–Crippen LogP) is 4.24. The van der Waals surface area contributed by atoms with Gasteiger partial charge >= 0.3 is 6.03 Å². The Labute approximate surface area is 179 Å². The first-order valence-electron chi connectivity index (χ1n) is 9.93. The summed E-state index contributed by atoms with van der Waals surface area (Å²) in [6.45, 7) is 6.78. The number of amides is 2. The molecule has 0 saturated carbocycles. The zero-order valence-electron chi connectivity index (χ0n) is 17.1. The Bertz CT molecular complexity index is 1030. The van der Waals surface area contributed by atoms with Crippen LogP contribution in [0.4, 0.5) is 20.0 Å². The number of anilines is 2. The summed E-state index contributed by atoms with van der Waals surface area (Å²) in [7, 11) is 0. The van der Waals surface area contributed by atoms with Gasteiger partial charge in [0.15, 0.2) is 0 Å². The van der Waals surface area contributed by atoms with Crippen molar-refractivity contribution in [2.75, 3.05) is 36.4 Å². The van der Waals surface area contributed by atoms with Crippen LogP contribution in [0.3, 0.4) is 0 Å². The van der Waals surface area contributed by atoms with Gasteiger partial charge in [0.05, 0.1) is 0 Å². The van der Waals surface area contributed by atoms with E-state index in [2.05, 4.69) is 26.5 Å². The average Bonchev–Trinajstić information content (AvgIpc) is 3.21. The largest absolute Gasteiger partial charge is 0.343 e. The molecule has 2 aromatic carbocycles. The van der Waals surface area contributed by atoms with Gasteiger partial charge in [-0.15, -0.1) is 0 Å². The van der Waals surface area contributed by atoms with Gasteiger partial charge in [-0.1, -0.05) is 18.2 Å². The van der Waals surface area contributed by atoms with Crippen LogP contribution >= 0.6 is 11.5 Å². The van der Waals surface area contributed by atoms with E-state index in [4.69, 9.17) is 0 Å². The number of benzene rings is 2. The fourth-order valence-corrected chi connectivity index (χ4v) is 4.09. The number of carbonyl (C=O) groups is 1. The van der Waals surface area contributed by atoms with Crippen molar-refractivity contribution in [3.8, 4) is 0 Å². The Hall–Kier alpha value is -3.00. The van der Waals surface area contributed by atoms with Gasteiger partial charge < -0.3 is 15.1 Å². The summed E-state index contributed by atoms with van der Waals surface area (Å²) in [6, 6.07) is 12.3. The minimum absolute atomic E-state index is 0.0767. The molecular weight excluding hydrogens is 401 g/mol. The summed E-state index contributed by atoms with van der Waals surface area (Å²) in [5, 5.41) is 3.85. The zero-order valence-corrected chi connectivity index (χ0v) is 17.9. The maximum Gasteiger partial charge on any atom is 0.321 e. The molecule has 1 saturated heterocycles. The van der Waals surface area contributed by atoms with Crippen molar-refractivity contribution in [3.63, 3.8) is 0 Å². The summed E-state index contributed by atoms with van der Waals surface area (Å²) in [4.78, 5) is 21.2. The van der Waals surface area contributed by atoms with Gasteiger partial charge in [-0.25, -0.2) is 14.2 Å². The fraction of sp³-hybridized carbons (Fsp3) is 0.318. The lowest BCUT2D eigenvalue weighted by atomic mass is 10.1. The van der Waals surface area contributed by atoms with Crippen LogP contribution in [0, 0.1) is 19.7 Å². The minimum atomic E-state index is -0.245. The van der Waals surface area contributed by atoms with Crippen LogP contribution in [0.25, 0.3) is 0 Å². The Morgan fingerprint density at radius 3 is 2.50 bits per heavy atom. The molecule has 2 heterocycles. The number of aryl methyl sites for hydroxylation is 2. The van der Waals surface area contributed by atoms with Crippen molar-refractivity contribution < 1.29 is 9.18 Å². The minimum Gasteiger partial charge on any atom is -0.343 e. The van der Waals surface area contributed by atoms with E-state index in [-0.39, 0.29) is 11.8 Å². The van der Waals surface area contributed by atoms with E-state index in [9.17, 15) is 9.18 Å². The van der Waals surface area contributed by atoms with Crippen LogP contribution in [0.15, 0.2) is 42.5 Å². The van der Waals surface area contributed by atoms with E-state index in [0.717, 1.165) is 27.8 Å². The standard InChI is InChI=1S/C22H24FN5OS/c1-15-3-8-19(13-16(15)2)24-21(29)27-9-11-28(12-10-27)22-25-20(26-30-22)14-17-4-6-18(23)7-5-17/h3-8,13H,9-12,14H2,1-2H3,(H,24,29). The summed E-state index contributed by atoms with van der Waals surface area (Å²) in [5.41, 5.74) is 4.16. The second kappa shape index (κ2) is 8.79. The van der Waals surface area contributed by atoms with Crippen molar-refractivity contribution in [2.24, 2.45) is 0 Å². The average molecular weight is 426 g/mol. The molecule has 0 atom stereocenters. The number of urea groups is 1. The molecule has 0 spiro atoms. The van der Waals surface area contributed by atoms with Gasteiger partial charge in [0.2, 0.25) is 5.13 Å². The Kier molecular flexibility index (Phi) is 5.94. The molecule has 6 nitrogen and oxygen atoms in total.